The van der Waals surface area contributed by atoms with Gasteiger partial charge in [0, 0.05) is 38.9 Å². The second-order valence-electron chi connectivity index (χ2n) is 15.9. The maximum atomic E-state index is 14.0. The fourth-order valence-corrected chi connectivity index (χ4v) is 9.41. The number of hydrogen-bond donors (Lipinski definition) is 4. The Bertz CT molecular complexity index is 2020. The van der Waals surface area contributed by atoms with E-state index in [2.05, 4.69) is 74.4 Å². The summed E-state index contributed by atoms with van der Waals surface area (Å²) < 4.78 is 20.5. The van der Waals surface area contributed by atoms with Crippen LogP contribution < -0.4 is 16.0 Å². The van der Waals surface area contributed by atoms with Gasteiger partial charge in [0.25, 0.3) is 0 Å². The Morgan fingerprint density at radius 1 is 0.712 bits per heavy atom. The van der Waals surface area contributed by atoms with E-state index in [1.807, 2.05) is 4.90 Å². The number of aromatic amines is 1. The second-order valence-corrected chi connectivity index (χ2v) is 15.9. The smallest absolute Gasteiger partial charge is 0.407 e. The summed E-state index contributed by atoms with van der Waals surface area (Å²) in [6, 6.07) is 15.1. The standard InChI is InChI=1S/C44H57N7O8/c1-25(56-3)36(48-43(54)58-5)41(52)50-22-8-12-34(50)39-32-11-7-10-31(32)38(47-39)30-20-16-28(17-21-30)27-14-18-29(19-15-27)33-24-45-40(46-33)35-13-9-23-51(35)42(53)37(26(2)57-4)49-44(55)59-6/h14-21,24-26,32,34-37,39,47H,7-13,22-23H2,1-6H3,(H,45,46)(H,48,54)(H,49,55)/t25-,26-,32?,34-,35+,36+,37+,39?/m1/s1. The van der Waals surface area contributed by atoms with Crippen molar-refractivity contribution in [3.05, 3.63) is 71.7 Å². The van der Waals surface area contributed by atoms with E-state index < -0.39 is 36.5 Å². The average Bonchev–Trinajstić information content (AvgIpc) is 4.12. The molecule has 3 aromatic rings. The third-order valence-corrected chi connectivity index (χ3v) is 12.8. The van der Waals surface area contributed by atoms with Crippen molar-refractivity contribution in [1.82, 2.24) is 35.7 Å². The summed E-state index contributed by atoms with van der Waals surface area (Å²) in [7, 11) is 5.59. The molecule has 2 aromatic carbocycles. The molecule has 15 heteroatoms. The van der Waals surface area contributed by atoms with Crippen molar-refractivity contribution in [2.24, 2.45) is 5.92 Å². The Balaban J connectivity index is 1.02. The van der Waals surface area contributed by atoms with Gasteiger partial charge in [0.2, 0.25) is 11.8 Å². The lowest BCUT2D eigenvalue weighted by atomic mass is 9.90. The molecule has 0 bridgehead atoms. The molecule has 3 aliphatic heterocycles. The lowest BCUT2D eigenvalue weighted by Gasteiger charge is -2.36. The van der Waals surface area contributed by atoms with Crippen molar-refractivity contribution in [3.63, 3.8) is 0 Å². The molecule has 0 spiro atoms. The molecule has 4 amide bonds. The van der Waals surface area contributed by atoms with E-state index in [0.29, 0.717) is 24.8 Å². The zero-order chi connectivity index (χ0) is 41.8. The first-order chi connectivity index (χ1) is 28.6. The number of H-pyrrole nitrogens is 1. The lowest BCUT2D eigenvalue weighted by molar-refractivity contribution is -0.138. The predicted octanol–water partition coefficient (Wildman–Crippen LogP) is 5.40. The summed E-state index contributed by atoms with van der Waals surface area (Å²) in [5, 5.41) is 9.23. The van der Waals surface area contributed by atoms with E-state index in [0.717, 1.165) is 72.9 Å². The first-order valence-electron chi connectivity index (χ1n) is 20.7. The third-order valence-electron chi connectivity index (χ3n) is 12.8. The predicted molar refractivity (Wildman–Crippen MR) is 221 cm³/mol. The molecule has 316 valence electrons. The summed E-state index contributed by atoms with van der Waals surface area (Å²) in [6.45, 7) is 4.71. The van der Waals surface area contributed by atoms with Gasteiger partial charge >= 0.3 is 12.2 Å². The molecule has 4 aliphatic rings. The van der Waals surface area contributed by atoms with Crippen LogP contribution in [0.3, 0.4) is 0 Å². The Morgan fingerprint density at radius 3 is 1.85 bits per heavy atom. The number of amides is 4. The van der Waals surface area contributed by atoms with Crippen LogP contribution in [0.25, 0.3) is 28.1 Å². The van der Waals surface area contributed by atoms with E-state index in [9.17, 15) is 19.2 Å². The number of ether oxygens (including phenoxy) is 4. The molecule has 59 heavy (non-hydrogen) atoms. The van der Waals surface area contributed by atoms with Gasteiger partial charge in [-0.3, -0.25) is 9.59 Å². The third kappa shape index (κ3) is 8.53. The number of nitrogens with zero attached hydrogens (tertiary/aromatic N) is 3. The van der Waals surface area contributed by atoms with Gasteiger partial charge in [0.15, 0.2) is 0 Å². The zero-order valence-corrected chi connectivity index (χ0v) is 34.8. The summed E-state index contributed by atoms with van der Waals surface area (Å²) in [5.74, 6) is 0.662. The van der Waals surface area contributed by atoms with Crippen LogP contribution in [0.5, 0.6) is 0 Å². The highest BCUT2D eigenvalue weighted by Gasteiger charge is 2.47. The Hall–Kier alpha value is -5.41. The monoisotopic (exact) mass is 811 g/mol. The van der Waals surface area contributed by atoms with E-state index in [1.54, 1.807) is 24.9 Å². The minimum atomic E-state index is -0.893. The van der Waals surface area contributed by atoms with Gasteiger partial charge in [-0.2, -0.15) is 0 Å². The molecule has 2 unspecified atom stereocenters. The maximum Gasteiger partial charge on any atom is 0.407 e. The minimum absolute atomic E-state index is 0.000148. The van der Waals surface area contributed by atoms with Crippen LogP contribution in [-0.4, -0.2) is 122 Å². The Labute approximate surface area is 345 Å². The van der Waals surface area contributed by atoms with Crippen LogP contribution in [0.1, 0.15) is 76.2 Å². The lowest BCUT2D eigenvalue weighted by Crippen LogP contribution is -2.58. The van der Waals surface area contributed by atoms with Crippen LogP contribution in [0.2, 0.25) is 0 Å². The molecule has 2 saturated heterocycles. The number of alkyl carbamates (subject to hydrolysis) is 2. The number of imidazole rings is 1. The van der Waals surface area contributed by atoms with Gasteiger partial charge in [0.05, 0.1) is 56.4 Å². The normalized spacial score (nSPS) is 23.3. The highest BCUT2D eigenvalue weighted by molar-refractivity contribution is 5.88. The van der Waals surface area contributed by atoms with Gasteiger partial charge in [-0.05, 0) is 86.6 Å². The van der Waals surface area contributed by atoms with E-state index in [4.69, 9.17) is 18.9 Å². The molecule has 7 rings (SSSR count). The van der Waals surface area contributed by atoms with Crippen molar-refractivity contribution in [1.29, 1.82) is 0 Å². The molecule has 4 heterocycles. The van der Waals surface area contributed by atoms with Crippen LogP contribution >= 0.6 is 0 Å². The fraction of sp³-hybridized carbons (Fsp3) is 0.523. The number of benzene rings is 2. The average molecular weight is 812 g/mol. The Morgan fingerprint density at radius 2 is 1.25 bits per heavy atom. The quantitative estimate of drug-likeness (QED) is 0.175. The van der Waals surface area contributed by atoms with Gasteiger partial charge in [0.1, 0.15) is 17.9 Å². The number of fused-ring (bicyclic) bond motifs is 1. The maximum absolute atomic E-state index is 14.0. The highest BCUT2D eigenvalue weighted by atomic mass is 16.5. The van der Waals surface area contributed by atoms with Gasteiger partial charge < -0.3 is 49.7 Å². The number of nitrogens with one attached hydrogen (secondary N) is 4. The molecular weight excluding hydrogens is 755 g/mol. The van der Waals surface area contributed by atoms with Crippen molar-refractivity contribution in [3.8, 4) is 22.4 Å². The van der Waals surface area contributed by atoms with Gasteiger partial charge in [-0.25, -0.2) is 14.6 Å². The number of carbonyl (C=O) groups is 4. The number of methoxy groups -OCH3 is 4. The molecule has 4 N–H and O–H groups in total. The molecule has 3 fully saturated rings. The Kier molecular flexibility index (Phi) is 12.9. The number of likely N-dealkylation sites (tertiary alicyclic amines) is 2. The van der Waals surface area contributed by atoms with Crippen molar-refractivity contribution < 1.29 is 38.1 Å². The fourth-order valence-electron chi connectivity index (χ4n) is 9.41. The van der Waals surface area contributed by atoms with Crippen LogP contribution in [0.15, 0.2) is 60.3 Å². The molecular formula is C44H57N7O8. The molecule has 15 nitrogen and oxygen atoms in total. The SMILES string of the molecule is COC(=O)N[C@H](C(=O)N1CCC[C@@H]1C1NC(c2ccc(-c3ccc(-c4cnc([C@@H]5CCCN5C(=O)[C@@H](NC(=O)OC)[C@@H](C)OC)[nH]4)cc3)cc2)=C2CCCC21)[C@@H](C)OC. The second kappa shape index (κ2) is 18.2. The van der Waals surface area contributed by atoms with Crippen LogP contribution in [-0.2, 0) is 28.5 Å². The van der Waals surface area contributed by atoms with E-state index in [-0.39, 0.29) is 29.9 Å². The first kappa shape index (κ1) is 41.7. The summed E-state index contributed by atoms with van der Waals surface area (Å²) in [6.07, 6.45) is 5.98. The summed E-state index contributed by atoms with van der Waals surface area (Å²) in [4.78, 5) is 63.6. The first-order valence-corrected chi connectivity index (χ1v) is 20.7. The van der Waals surface area contributed by atoms with Crippen molar-refractivity contribution in [2.45, 2.75) is 101 Å². The molecule has 8 atom stereocenters. The summed E-state index contributed by atoms with van der Waals surface area (Å²) in [5.41, 5.74) is 7.75. The zero-order valence-electron chi connectivity index (χ0n) is 34.8. The van der Waals surface area contributed by atoms with Crippen molar-refractivity contribution >= 4 is 29.7 Å². The van der Waals surface area contributed by atoms with E-state index in [1.165, 1.54) is 39.7 Å². The van der Waals surface area contributed by atoms with E-state index >= 15 is 0 Å². The number of aromatic nitrogens is 2. The minimum Gasteiger partial charge on any atom is -0.453 e. The molecule has 1 aromatic heterocycles. The van der Waals surface area contributed by atoms with Crippen LogP contribution in [0, 0.1) is 5.92 Å². The van der Waals surface area contributed by atoms with Gasteiger partial charge in [-0.15, -0.1) is 0 Å². The molecule has 0 radical (unpaired) electrons. The number of carbonyl (C=O) groups excluding carboxylic acids is 4. The number of rotatable bonds is 13. The number of hydrogen-bond acceptors (Lipinski definition) is 10. The molecule has 1 aliphatic carbocycles. The topological polar surface area (TPSA) is 176 Å². The molecule has 1 saturated carbocycles. The summed E-state index contributed by atoms with van der Waals surface area (Å²) >= 11 is 0. The largest absolute Gasteiger partial charge is 0.453 e. The highest BCUT2D eigenvalue weighted by Crippen LogP contribution is 2.46. The van der Waals surface area contributed by atoms with Crippen LogP contribution in [0.4, 0.5) is 9.59 Å². The van der Waals surface area contributed by atoms with Gasteiger partial charge in [-0.1, -0.05) is 48.5 Å². The van der Waals surface area contributed by atoms with Crippen molar-refractivity contribution in [2.75, 3.05) is 41.5 Å².